The highest BCUT2D eigenvalue weighted by Crippen LogP contribution is 2.38. The molecule has 0 spiro atoms. The number of nitrogens with zero attached hydrogens (tertiary/aromatic N) is 1. The van der Waals surface area contributed by atoms with Gasteiger partial charge in [-0.3, -0.25) is 5.43 Å². The van der Waals surface area contributed by atoms with Gasteiger partial charge >= 0.3 is 6.18 Å². The third kappa shape index (κ3) is 3.26. The van der Waals surface area contributed by atoms with E-state index in [1.54, 1.807) is 5.43 Å². The average Bonchev–Trinajstić information content (AvgIpc) is 2.49. The number of aromatic hydroxyl groups is 1. The molecule has 0 aromatic heterocycles. The molecule has 0 aliphatic rings. The Morgan fingerprint density at radius 3 is 1.96 bits per heavy atom. The van der Waals surface area contributed by atoms with E-state index in [0.717, 1.165) is 6.21 Å². The average molecular weight is 352 g/mol. The van der Waals surface area contributed by atoms with Crippen molar-refractivity contribution in [3.05, 3.63) is 58.7 Å². The quantitative estimate of drug-likeness (QED) is 0.372. The number of phenols is 1. The van der Waals surface area contributed by atoms with Crippen molar-refractivity contribution in [2.75, 3.05) is 5.43 Å². The fourth-order valence-electron chi connectivity index (χ4n) is 1.74. The van der Waals surface area contributed by atoms with Crippen LogP contribution in [0.4, 0.5) is 36.4 Å². The Hall–Kier alpha value is -2.78. The van der Waals surface area contributed by atoms with Crippen LogP contribution in [0, 0.1) is 23.3 Å². The summed E-state index contributed by atoms with van der Waals surface area (Å²) < 4.78 is 91.2. The molecule has 0 amide bonds. The van der Waals surface area contributed by atoms with Crippen LogP contribution < -0.4 is 5.43 Å². The molecule has 2 aromatic carbocycles. The Morgan fingerprint density at radius 2 is 1.46 bits per heavy atom. The van der Waals surface area contributed by atoms with Crippen LogP contribution in [0.1, 0.15) is 11.1 Å². The molecule has 128 valence electrons. The van der Waals surface area contributed by atoms with E-state index in [9.17, 15) is 35.8 Å². The number of alkyl halides is 3. The Labute approximate surface area is 130 Å². The van der Waals surface area contributed by atoms with E-state index in [2.05, 4.69) is 5.10 Å². The van der Waals surface area contributed by atoms with Crippen LogP contribution in [0.15, 0.2) is 29.4 Å². The third-order valence-electron chi connectivity index (χ3n) is 2.86. The van der Waals surface area contributed by atoms with Gasteiger partial charge in [0.25, 0.3) is 0 Å². The van der Waals surface area contributed by atoms with E-state index >= 15 is 0 Å². The number of benzene rings is 2. The van der Waals surface area contributed by atoms with Gasteiger partial charge in [0, 0.05) is 5.56 Å². The molecule has 3 nitrogen and oxygen atoms in total. The second-order valence-electron chi connectivity index (χ2n) is 4.43. The maximum Gasteiger partial charge on any atom is 0.422 e. The van der Waals surface area contributed by atoms with Gasteiger partial charge in [0.1, 0.15) is 17.0 Å². The molecule has 0 fully saturated rings. The van der Waals surface area contributed by atoms with Crippen molar-refractivity contribution in [2.45, 2.75) is 6.18 Å². The summed E-state index contributed by atoms with van der Waals surface area (Å²) in [5.41, 5.74) is -2.55. The molecule has 0 unspecified atom stereocenters. The highest BCUT2D eigenvalue weighted by atomic mass is 19.4. The van der Waals surface area contributed by atoms with E-state index in [4.69, 9.17) is 0 Å². The molecule has 0 aliphatic heterocycles. The number of nitrogens with one attached hydrogen (secondary N) is 1. The van der Waals surface area contributed by atoms with Gasteiger partial charge in [0.15, 0.2) is 23.3 Å². The second kappa shape index (κ2) is 6.38. The largest absolute Gasteiger partial charge is 0.507 e. The topological polar surface area (TPSA) is 44.6 Å². The molecule has 0 saturated heterocycles. The minimum absolute atomic E-state index is 0.0821. The number of anilines is 1. The van der Waals surface area contributed by atoms with E-state index < -0.39 is 40.7 Å². The van der Waals surface area contributed by atoms with E-state index in [1.165, 1.54) is 24.3 Å². The third-order valence-corrected chi connectivity index (χ3v) is 2.86. The standard InChI is InChI=1S/C14H7F7N2O/c15-9-8(14(19,20)21)10(16)12(18)13(11(9)17)23-22-5-6-3-1-2-4-7(6)24/h1-5,23-24H/b22-5+. The molecule has 2 aromatic rings. The lowest BCUT2D eigenvalue weighted by atomic mass is 10.1. The van der Waals surface area contributed by atoms with Crippen LogP contribution in [-0.4, -0.2) is 11.3 Å². The molecule has 0 radical (unpaired) electrons. The molecule has 2 rings (SSSR count). The lowest BCUT2D eigenvalue weighted by Crippen LogP contribution is -2.16. The summed E-state index contributed by atoms with van der Waals surface area (Å²) in [6, 6.07) is 5.57. The summed E-state index contributed by atoms with van der Waals surface area (Å²) in [4.78, 5) is 0. The Balaban J connectivity index is 2.41. The molecule has 0 heterocycles. The molecular weight excluding hydrogens is 345 g/mol. The van der Waals surface area contributed by atoms with Crippen LogP contribution in [-0.2, 0) is 6.18 Å². The van der Waals surface area contributed by atoms with Crippen molar-refractivity contribution < 1.29 is 35.8 Å². The van der Waals surface area contributed by atoms with Crippen molar-refractivity contribution >= 4 is 11.9 Å². The first-order chi connectivity index (χ1) is 11.1. The van der Waals surface area contributed by atoms with Crippen molar-refractivity contribution in [2.24, 2.45) is 5.10 Å². The molecule has 2 N–H and O–H groups in total. The fraction of sp³-hybridized carbons (Fsp3) is 0.0714. The van der Waals surface area contributed by atoms with E-state index in [0.29, 0.717) is 0 Å². The summed E-state index contributed by atoms with van der Waals surface area (Å²) in [5.74, 6) is -10.0. The highest BCUT2D eigenvalue weighted by molar-refractivity contribution is 5.83. The van der Waals surface area contributed by atoms with E-state index in [1.807, 2.05) is 0 Å². The van der Waals surface area contributed by atoms with Crippen molar-refractivity contribution in [1.29, 1.82) is 0 Å². The van der Waals surface area contributed by atoms with Gasteiger partial charge in [0.05, 0.1) is 6.21 Å². The molecule has 0 bridgehead atoms. The van der Waals surface area contributed by atoms with Gasteiger partial charge < -0.3 is 5.11 Å². The monoisotopic (exact) mass is 352 g/mol. The zero-order chi connectivity index (χ0) is 18.1. The number of hydrogen-bond donors (Lipinski definition) is 2. The fourth-order valence-corrected chi connectivity index (χ4v) is 1.74. The zero-order valence-corrected chi connectivity index (χ0v) is 11.4. The lowest BCUT2D eigenvalue weighted by Gasteiger charge is -2.13. The molecule has 0 aliphatic carbocycles. The van der Waals surface area contributed by atoms with Crippen LogP contribution >= 0.6 is 0 Å². The minimum atomic E-state index is -5.62. The summed E-state index contributed by atoms with van der Waals surface area (Å²) in [5, 5.41) is 12.7. The smallest absolute Gasteiger partial charge is 0.422 e. The summed E-state index contributed by atoms with van der Waals surface area (Å²) in [6.07, 6.45) is -4.77. The normalized spacial score (nSPS) is 12.0. The molecule has 0 atom stereocenters. The summed E-state index contributed by atoms with van der Waals surface area (Å²) in [7, 11) is 0. The number of halogens is 7. The second-order valence-corrected chi connectivity index (χ2v) is 4.43. The van der Waals surface area contributed by atoms with Gasteiger partial charge in [-0.1, -0.05) is 12.1 Å². The first kappa shape index (κ1) is 17.6. The SMILES string of the molecule is Oc1ccccc1/C=N/Nc1c(F)c(F)c(C(F)(F)F)c(F)c1F. The highest BCUT2D eigenvalue weighted by Gasteiger charge is 2.42. The van der Waals surface area contributed by atoms with Gasteiger partial charge in [-0.25, -0.2) is 17.6 Å². The predicted octanol–water partition coefficient (Wildman–Crippen LogP) is 4.41. The summed E-state index contributed by atoms with van der Waals surface area (Å²) in [6.45, 7) is 0. The number of para-hydroxylation sites is 1. The lowest BCUT2D eigenvalue weighted by molar-refractivity contribution is -0.143. The number of phenolic OH excluding ortho intramolecular Hbond substituents is 1. The zero-order valence-electron chi connectivity index (χ0n) is 11.4. The maximum atomic E-state index is 13.6. The van der Waals surface area contributed by atoms with Gasteiger partial charge in [-0.2, -0.15) is 18.3 Å². The van der Waals surface area contributed by atoms with Crippen LogP contribution in [0.25, 0.3) is 0 Å². The number of hydrogen-bond acceptors (Lipinski definition) is 3. The van der Waals surface area contributed by atoms with E-state index in [-0.39, 0.29) is 11.3 Å². The van der Waals surface area contributed by atoms with Gasteiger partial charge in [0.2, 0.25) is 0 Å². The van der Waals surface area contributed by atoms with Crippen LogP contribution in [0.2, 0.25) is 0 Å². The summed E-state index contributed by atoms with van der Waals surface area (Å²) >= 11 is 0. The maximum absolute atomic E-state index is 13.6. The van der Waals surface area contributed by atoms with Crippen LogP contribution in [0.3, 0.4) is 0 Å². The Bertz CT molecular complexity index is 773. The van der Waals surface area contributed by atoms with Crippen molar-refractivity contribution in [1.82, 2.24) is 0 Å². The van der Waals surface area contributed by atoms with Gasteiger partial charge in [-0.05, 0) is 12.1 Å². The van der Waals surface area contributed by atoms with Crippen molar-refractivity contribution in [3.8, 4) is 5.75 Å². The number of hydrazone groups is 1. The van der Waals surface area contributed by atoms with Crippen molar-refractivity contribution in [3.63, 3.8) is 0 Å². The molecule has 10 heteroatoms. The predicted molar refractivity (Wildman–Crippen MR) is 70.6 cm³/mol. The minimum Gasteiger partial charge on any atom is -0.507 e. The Morgan fingerprint density at radius 1 is 0.917 bits per heavy atom. The first-order valence-electron chi connectivity index (χ1n) is 6.14. The van der Waals surface area contributed by atoms with Gasteiger partial charge in [-0.15, -0.1) is 0 Å². The van der Waals surface area contributed by atoms with Crippen LogP contribution in [0.5, 0.6) is 5.75 Å². The Kier molecular flexibility index (Phi) is 4.67. The molecular formula is C14H7F7N2O. The molecule has 24 heavy (non-hydrogen) atoms. The first-order valence-corrected chi connectivity index (χ1v) is 6.14. The molecule has 0 saturated carbocycles. The number of rotatable bonds is 3.